The van der Waals surface area contributed by atoms with E-state index in [0.29, 0.717) is 25.8 Å². The van der Waals surface area contributed by atoms with E-state index in [-0.39, 0.29) is 0 Å². The van der Waals surface area contributed by atoms with Gasteiger partial charge in [0.25, 0.3) is 5.95 Å². The first-order valence-electron chi connectivity index (χ1n) is 9.49. The van der Waals surface area contributed by atoms with E-state index in [1.165, 1.54) is 0 Å². The van der Waals surface area contributed by atoms with Crippen LogP contribution in [0.2, 0.25) is 0 Å². The highest BCUT2D eigenvalue weighted by Crippen LogP contribution is 2.38. The first kappa shape index (κ1) is 17.5. The second-order valence-corrected chi connectivity index (χ2v) is 6.74. The van der Waals surface area contributed by atoms with Crippen molar-refractivity contribution in [2.24, 2.45) is 0 Å². The Bertz CT molecular complexity index is 1160. The maximum Gasteiger partial charge on any atom is 0.285 e. The zero-order chi connectivity index (χ0) is 19.6. The molecule has 1 aliphatic heterocycles. The standard InChI is InChI=1S/C24H20O5/c1-25-20-7-3-2-5-17(20)15-28-24-14-19-18(6-4-8-21(19)29-24)16-9-10-22-23(13-16)27-12-11-26-22/h2-10,13-14H,11-12,15H2,1H3. The van der Waals surface area contributed by atoms with Crippen LogP contribution in [0.15, 0.2) is 71.1 Å². The summed E-state index contributed by atoms with van der Waals surface area (Å²) in [5, 5.41) is 0.985. The zero-order valence-corrected chi connectivity index (χ0v) is 16.0. The first-order valence-corrected chi connectivity index (χ1v) is 9.49. The second kappa shape index (κ2) is 7.43. The van der Waals surface area contributed by atoms with Crippen LogP contribution in [0, 0.1) is 0 Å². The summed E-state index contributed by atoms with van der Waals surface area (Å²) in [5.41, 5.74) is 3.82. The Morgan fingerprint density at radius 1 is 0.862 bits per heavy atom. The lowest BCUT2D eigenvalue weighted by Crippen LogP contribution is -2.15. The van der Waals surface area contributed by atoms with Crippen molar-refractivity contribution in [1.82, 2.24) is 0 Å². The summed E-state index contributed by atoms with van der Waals surface area (Å²) < 4.78 is 28.6. The summed E-state index contributed by atoms with van der Waals surface area (Å²) in [6.07, 6.45) is 0. The molecule has 5 heteroatoms. The van der Waals surface area contributed by atoms with Gasteiger partial charge in [-0.15, -0.1) is 0 Å². The van der Waals surface area contributed by atoms with E-state index in [4.69, 9.17) is 23.4 Å². The topological polar surface area (TPSA) is 50.1 Å². The number of methoxy groups -OCH3 is 1. The van der Waals surface area contributed by atoms with Crippen LogP contribution in [0.5, 0.6) is 23.2 Å². The van der Waals surface area contributed by atoms with Crippen LogP contribution >= 0.6 is 0 Å². The Labute approximate surface area is 168 Å². The van der Waals surface area contributed by atoms with Gasteiger partial charge in [0.15, 0.2) is 11.5 Å². The maximum absolute atomic E-state index is 5.92. The van der Waals surface area contributed by atoms with Gasteiger partial charge in [-0.2, -0.15) is 0 Å². The molecule has 0 aliphatic carbocycles. The molecule has 0 spiro atoms. The van der Waals surface area contributed by atoms with Gasteiger partial charge in [-0.05, 0) is 35.4 Å². The Morgan fingerprint density at radius 3 is 2.62 bits per heavy atom. The van der Waals surface area contributed by atoms with Gasteiger partial charge in [0, 0.05) is 17.0 Å². The van der Waals surface area contributed by atoms with E-state index in [1.54, 1.807) is 7.11 Å². The molecule has 2 heterocycles. The van der Waals surface area contributed by atoms with Crippen molar-refractivity contribution < 1.29 is 23.4 Å². The van der Waals surface area contributed by atoms with Crippen LogP contribution < -0.4 is 18.9 Å². The molecule has 0 saturated carbocycles. The number of para-hydroxylation sites is 1. The average Bonchev–Trinajstić information content (AvgIpc) is 3.20. The number of hydrogen-bond donors (Lipinski definition) is 0. The normalized spacial score (nSPS) is 12.7. The molecule has 0 amide bonds. The lowest BCUT2D eigenvalue weighted by molar-refractivity contribution is 0.171. The average molecular weight is 388 g/mol. The molecule has 1 aromatic heterocycles. The minimum atomic E-state index is 0.364. The molecule has 0 atom stereocenters. The van der Waals surface area contributed by atoms with Crippen LogP contribution in [0.3, 0.4) is 0 Å². The molecule has 0 fully saturated rings. The van der Waals surface area contributed by atoms with Crippen LogP contribution in [0.25, 0.3) is 22.1 Å². The molecular formula is C24H20O5. The van der Waals surface area contributed by atoms with Gasteiger partial charge in [0.05, 0.1) is 7.11 Å². The second-order valence-electron chi connectivity index (χ2n) is 6.74. The van der Waals surface area contributed by atoms with Gasteiger partial charge in [-0.25, -0.2) is 0 Å². The molecule has 3 aromatic carbocycles. The molecule has 5 rings (SSSR count). The maximum atomic E-state index is 5.92. The van der Waals surface area contributed by atoms with Crippen molar-refractivity contribution in [2.75, 3.05) is 20.3 Å². The summed E-state index contributed by atoms with van der Waals surface area (Å²) in [4.78, 5) is 0. The quantitative estimate of drug-likeness (QED) is 0.454. The fourth-order valence-electron chi connectivity index (χ4n) is 3.54. The van der Waals surface area contributed by atoms with Gasteiger partial charge in [0.1, 0.15) is 31.2 Å². The summed E-state index contributed by atoms with van der Waals surface area (Å²) in [6, 6.07) is 21.7. The Kier molecular flexibility index (Phi) is 4.48. The number of rotatable bonds is 5. The van der Waals surface area contributed by atoms with Crippen LogP contribution in [-0.2, 0) is 6.61 Å². The number of ether oxygens (including phenoxy) is 4. The van der Waals surface area contributed by atoms with Crippen LogP contribution in [0.4, 0.5) is 0 Å². The monoisotopic (exact) mass is 388 g/mol. The van der Waals surface area contributed by atoms with Crippen LogP contribution in [0.1, 0.15) is 5.56 Å². The van der Waals surface area contributed by atoms with Crippen molar-refractivity contribution in [3.63, 3.8) is 0 Å². The van der Waals surface area contributed by atoms with Crippen molar-refractivity contribution in [1.29, 1.82) is 0 Å². The number of hydrogen-bond acceptors (Lipinski definition) is 5. The van der Waals surface area contributed by atoms with Crippen molar-refractivity contribution >= 4 is 11.0 Å². The lowest BCUT2D eigenvalue weighted by Gasteiger charge is -2.19. The van der Waals surface area contributed by atoms with E-state index in [0.717, 1.165) is 44.9 Å². The third-order valence-electron chi connectivity index (χ3n) is 4.95. The van der Waals surface area contributed by atoms with E-state index < -0.39 is 0 Å². The molecule has 0 radical (unpaired) electrons. The molecule has 1 aliphatic rings. The summed E-state index contributed by atoms with van der Waals surface area (Å²) in [5.74, 6) is 2.80. The molecule has 0 bridgehead atoms. The summed E-state index contributed by atoms with van der Waals surface area (Å²) in [6.45, 7) is 1.51. The van der Waals surface area contributed by atoms with Crippen molar-refractivity contribution in [3.05, 3.63) is 72.3 Å². The van der Waals surface area contributed by atoms with Gasteiger partial charge >= 0.3 is 0 Å². The number of furan rings is 1. The fourth-order valence-corrected chi connectivity index (χ4v) is 3.54. The Morgan fingerprint density at radius 2 is 1.72 bits per heavy atom. The highest BCUT2D eigenvalue weighted by Gasteiger charge is 2.15. The van der Waals surface area contributed by atoms with E-state index >= 15 is 0 Å². The highest BCUT2D eigenvalue weighted by molar-refractivity contribution is 5.95. The predicted molar refractivity (Wildman–Crippen MR) is 110 cm³/mol. The molecule has 146 valence electrons. The van der Waals surface area contributed by atoms with Crippen molar-refractivity contribution in [2.45, 2.75) is 6.61 Å². The Balaban J connectivity index is 1.45. The fraction of sp³-hybridized carbons (Fsp3) is 0.167. The lowest BCUT2D eigenvalue weighted by atomic mass is 10.0. The van der Waals surface area contributed by atoms with Gasteiger partial charge in [0.2, 0.25) is 0 Å². The van der Waals surface area contributed by atoms with E-state index in [9.17, 15) is 0 Å². The van der Waals surface area contributed by atoms with E-state index in [1.807, 2.05) is 60.7 Å². The third-order valence-corrected chi connectivity index (χ3v) is 4.95. The molecular weight excluding hydrogens is 368 g/mol. The molecule has 5 nitrogen and oxygen atoms in total. The predicted octanol–water partition coefficient (Wildman–Crippen LogP) is 5.46. The van der Waals surface area contributed by atoms with Gasteiger partial charge in [-0.3, -0.25) is 0 Å². The minimum Gasteiger partial charge on any atom is -0.496 e. The van der Waals surface area contributed by atoms with E-state index in [2.05, 4.69) is 6.07 Å². The van der Waals surface area contributed by atoms with Gasteiger partial charge in [-0.1, -0.05) is 36.4 Å². The number of fused-ring (bicyclic) bond motifs is 2. The zero-order valence-electron chi connectivity index (χ0n) is 16.0. The Hall–Kier alpha value is -3.60. The molecule has 0 saturated heterocycles. The molecule has 29 heavy (non-hydrogen) atoms. The largest absolute Gasteiger partial charge is 0.496 e. The minimum absolute atomic E-state index is 0.364. The first-order chi connectivity index (χ1) is 14.3. The van der Waals surface area contributed by atoms with Gasteiger partial charge < -0.3 is 23.4 Å². The highest BCUT2D eigenvalue weighted by atomic mass is 16.6. The van der Waals surface area contributed by atoms with Crippen LogP contribution in [-0.4, -0.2) is 20.3 Å². The third kappa shape index (κ3) is 3.36. The number of benzene rings is 3. The molecule has 4 aromatic rings. The summed E-state index contributed by atoms with van der Waals surface area (Å²) >= 11 is 0. The molecule has 0 unspecified atom stereocenters. The molecule has 0 N–H and O–H groups in total. The SMILES string of the molecule is COc1ccccc1COc1cc2c(-c3ccc4c(c3)OCCO4)cccc2o1. The smallest absolute Gasteiger partial charge is 0.285 e. The summed E-state index contributed by atoms with van der Waals surface area (Å²) in [7, 11) is 1.65. The van der Waals surface area contributed by atoms with Crippen molar-refractivity contribution in [3.8, 4) is 34.3 Å².